The molecule has 2 unspecified atom stereocenters. The van der Waals surface area contributed by atoms with Crippen LogP contribution in [-0.4, -0.2) is 47.4 Å². The van der Waals surface area contributed by atoms with Crippen LogP contribution < -0.4 is 0 Å². The van der Waals surface area contributed by atoms with Gasteiger partial charge in [-0.15, -0.1) is 0 Å². The van der Waals surface area contributed by atoms with Crippen LogP contribution in [-0.2, 0) is 4.74 Å². The molecule has 3 heteroatoms. The summed E-state index contributed by atoms with van der Waals surface area (Å²) in [6.45, 7) is 6.49. The van der Waals surface area contributed by atoms with Gasteiger partial charge in [0.05, 0.1) is 19.3 Å². The van der Waals surface area contributed by atoms with Crippen LogP contribution >= 0.6 is 0 Å². The molecule has 2 aliphatic rings. The molecule has 2 fully saturated rings. The number of aliphatic hydroxyl groups excluding tert-OH is 1. The standard InChI is InChI=1S/C12H23NO2/c1-10(2)15-9-12-5-3-7-13(12)11(8-14)4-6-12/h10-11,14H,3-9H2,1-2H3. The molecule has 0 radical (unpaired) electrons. The zero-order valence-corrected chi connectivity index (χ0v) is 9.91. The third-order valence-corrected chi connectivity index (χ3v) is 3.93. The number of nitrogens with zero attached hydrogens (tertiary/aromatic N) is 1. The summed E-state index contributed by atoms with van der Waals surface area (Å²) in [4.78, 5) is 2.50. The molecule has 2 heterocycles. The molecule has 88 valence electrons. The van der Waals surface area contributed by atoms with E-state index in [9.17, 15) is 5.11 Å². The van der Waals surface area contributed by atoms with Crippen LogP contribution in [0.4, 0.5) is 0 Å². The molecule has 0 amide bonds. The van der Waals surface area contributed by atoms with Crippen LogP contribution in [0.2, 0.25) is 0 Å². The van der Waals surface area contributed by atoms with E-state index >= 15 is 0 Å². The monoisotopic (exact) mass is 213 g/mol. The summed E-state index contributed by atoms with van der Waals surface area (Å²) in [7, 11) is 0. The Labute approximate surface area is 92.4 Å². The van der Waals surface area contributed by atoms with Crippen LogP contribution in [0, 0.1) is 0 Å². The van der Waals surface area contributed by atoms with Gasteiger partial charge >= 0.3 is 0 Å². The third-order valence-electron chi connectivity index (χ3n) is 3.93. The van der Waals surface area contributed by atoms with E-state index in [1.165, 1.54) is 19.3 Å². The minimum absolute atomic E-state index is 0.262. The number of hydrogen-bond acceptors (Lipinski definition) is 3. The SMILES string of the molecule is CC(C)OCC12CCCN1C(CO)CC2. The zero-order chi connectivity index (χ0) is 10.9. The average Bonchev–Trinajstić information content (AvgIpc) is 2.72. The average molecular weight is 213 g/mol. The highest BCUT2D eigenvalue weighted by Gasteiger charge is 2.48. The van der Waals surface area contributed by atoms with Gasteiger partial charge in [-0.05, 0) is 46.1 Å². The smallest absolute Gasteiger partial charge is 0.0654 e. The number of fused-ring (bicyclic) bond motifs is 1. The van der Waals surface area contributed by atoms with E-state index in [0.29, 0.717) is 18.8 Å². The minimum Gasteiger partial charge on any atom is -0.395 e. The molecule has 2 saturated heterocycles. The molecule has 0 saturated carbocycles. The Hall–Kier alpha value is -0.120. The van der Waals surface area contributed by atoms with Gasteiger partial charge in [-0.1, -0.05) is 0 Å². The van der Waals surface area contributed by atoms with Crippen LogP contribution in [0.1, 0.15) is 39.5 Å². The third kappa shape index (κ3) is 2.05. The van der Waals surface area contributed by atoms with E-state index in [1.54, 1.807) is 0 Å². The first-order valence-electron chi connectivity index (χ1n) is 6.17. The second-order valence-electron chi connectivity index (χ2n) is 5.26. The fraction of sp³-hybridized carbons (Fsp3) is 1.00. The first-order valence-corrected chi connectivity index (χ1v) is 6.17. The highest BCUT2D eigenvalue weighted by molar-refractivity contribution is 5.04. The predicted octanol–water partition coefficient (Wildman–Crippen LogP) is 1.40. The van der Waals surface area contributed by atoms with Gasteiger partial charge in [0, 0.05) is 11.6 Å². The Morgan fingerprint density at radius 2 is 2.27 bits per heavy atom. The molecule has 0 aromatic heterocycles. The molecule has 0 spiro atoms. The van der Waals surface area contributed by atoms with Crippen LogP contribution in [0.5, 0.6) is 0 Å². The van der Waals surface area contributed by atoms with Gasteiger partial charge in [0.25, 0.3) is 0 Å². The van der Waals surface area contributed by atoms with Gasteiger partial charge in [-0.25, -0.2) is 0 Å². The van der Waals surface area contributed by atoms with Crippen LogP contribution in [0.25, 0.3) is 0 Å². The fourth-order valence-corrected chi connectivity index (χ4v) is 3.13. The second-order valence-corrected chi connectivity index (χ2v) is 5.26. The molecule has 0 aromatic carbocycles. The molecule has 2 rings (SSSR count). The van der Waals surface area contributed by atoms with Crippen molar-refractivity contribution in [3.8, 4) is 0 Å². The Bertz CT molecular complexity index is 220. The van der Waals surface area contributed by atoms with Gasteiger partial charge in [0.15, 0.2) is 0 Å². The molecule has 15 heavy (non-hydrogen) atoms. The summed E-state index contributed by atoms with van der Waals surface area (Å²) in [6, 6.07) is 0.392. The van der Waals surface area contributed by atoms with Gasteiger partial charge < -0.3 is 9.84 Å². The first kappa shape index (κ1) is 11.4. The van der Waals surface area contributed by atoms with E-state index < -0.39 is 0 Å². The lowest BCUT2D eigenvalue weighted by Crippen LogP contribution is -2.47. The molecule has 1 N–H and O–H groups in total. The zero-order valence-electron chi connectivity index (χ0n) is 9.91. The molecule has 0 aromatic rings. The highest BCUT2D eigenvalue weighted by Crippen LogP contribution is 2.42. The summed E-state index contributed by atoms with van der Waals surface area (Å²) in [5, 5.41) is 9.32. The molecule has 0 aliphatic carbocycles. The molecule has 2 aliphatic heterocycles. The largest absolute Gasteiger partial charge is 0.395 e. The van der Waals surface area contributed by atoms with Crippen molar-refractivity contribution in [3.05, 3.63) is 0 Å². The molecule has 2 atom stereocenters. The first-order chi connectivity index (χ1) is 7.18. The molecule has 3 nitrogen and oxygen atoms in total. The van der Waals surface area contributed by atoms with Crippen molar-refractivity contribution in [1.29, 1.82) is 0 Å². The van der Waals surface area contributed by atoms with Crippen molar-refractivity contribution in [2.24, 2.45) is 0 Å². The normalized spacial score (nSPS) is 36.4. The quantitative estimate of drug-likeness (QED) is 0.766. The Balaban J connectivity index is 2.00. The van der Waals surface area contributed by atoms with Crippen molar-refractivity contribution in [3.63, 3.8) is 0 Å². The summed E-state index contributed by atoms with van der Waals surface area (Å²) in [5.41, 5.74) is 0.262. The van der Waals surface area contributed by atoms with E-state index in [4.69, 9.17) is 4.74 Å². The topological polar surface area (TPSA) is 32.7 Å². The lowest BCUT2D eigenvalue weighted by molar-refractivity contribution is -0.0101. The summed E-state index contributed by atoms with van der Waals surface area (Å²) < 4.78 is 5.80. The van der Waals surface area contributed by atoms with Crippen molar-refractivity contribution >= 4 is 0 Å². The Morgan fingerprint density at radius 1 is 1.47 bits per heavy atom. The van der Waals surface area contributed by atoms with Gasteiger partial charge in [0.1, 0.15) is 0 Å². The van der Waals surface area contributed by atoms with E-state index in [0.717, 1.165) is 19.6 Å². The Kier molecular flexibility index (Phi) is 3.33. The van der Waals surface area contributed by atoms with Crippen molar-refractivity contribution < 1.29 is 9.84 Å². The number of ether oxygens (including phenoxy) is 1. The molecule has 0 bridgehead atoms. The number of rotatable bonds is 4. The van der Waals surface area contributed by atoms with Gasteiger partial charge in [-0.2, -0.15) is 0 Å². The van der Waals surface area contributed by atoms with Crippen molar-refractivity contribution in [2.45, 2.75) is 57.2 Å². The van der Waals surface area contributed by atoms with Gasteiger partial charge in [-0.3, -0.25) is 4.90 Å². The van der Waals surface area contributed by atoms with E-state index in [1.807, 2.05) is 0 Å². The maximum atomic E-state index is 9.32. The van der Waals surface area contributed by atoms with Crippen LogP contribution in [0.15, 0.2) is 0 Å². The fourth-order valence-electron chi connectivity index (χ4n) is 3.13. The van der Waals surface area contributed by atoms with Gasteiger partial charge in [0.2, 0.25) is 0 Å². The predicted molar refractivity (Wildman–Crippen MR) is 59.9 cm³/mol. The highest BCUT2D eigenvalue weighted by atomic mass is 16.5. The minimum atomic E-state index is 0.262. The summed E-state index contributed by atoms with van der Waals surface area (Å²) in [5.74, 6) is 0. The number of aliphatic hydroxyl groups is 1. The molecular weight excluding hydrogens is 190 g/mol. The maximum absolute atomic E-state index is 9.32. The van der Waals surface area contributed by atoms with Crippen LogP contribution in [0.3, 0.4) is 0 Å². The van der Waals surface area contributed by atoms with E-state index in [2.05, 4.69) is 18.7 Å². The van der Waals surface area contributed by atoms with Crippen molar-refractivity contribution in [2.75, 3.05) is 19.8 Å². The lowest BCUT2D eigenvalue weighted by Gasteiger charge is -2.35. The Morgan fingerprint density at radius 3 is 2.93 bits per heavy atom. The number of hydrogen-bond donors (Lipinski definition) is 1. The summed E-state index contributed by atoms with van der Waals surface area (Å²) in [6.07, 6.45) is 5.16. The van der Waals surface area contributed by atoms with Crippen molar-refractivity contribution in [1.82, 2.24) is 4.90 Å². The second kappa shape index (κ2) is 4.40. The summed E-state index contributed by atoms with van der Waals surface area (Å²) >= 11 is 0. The maximum Gasteiger partial charge on any atom is 0.0654 e. The lowest BCUT2D eigenvalue weighted by atomic mass is 9.95. The van der Waals surface area contributed by atoms with E-state index in [-0.39, 0.29) is 5.54 Å². The molecular formula is C12H23NO2.